The van der Waals surface area contributed by atoms with Gasteiger partial charge in [0.05, 0.1) is 5.69 Å². The van der Waals surface area contributed by atoms with Gasteiger partial charge >= 0.3 is 0 Å². The molecule has 1 N–H and O–H groups in total. The number of halogens is 2. The lowest BCUT2D eigenvalue weighted by Crippen LogP contribution is -2.25. The van der Waals surface area contributed by atoms with E-state index in [2.05, 4.69) is 10.4 Å². The maximum atomic E-state index is 13.7. The number of carbonyl (C=O) groups is 1. The Bertz CT molecular complexity index is 1010. The number of carbonyl (C=O) groups excluding carboxylic acids is 1. The van der Waals surface area contributed by atoms with Crippen LogP contribution in [0.1, 0.15) is 21.6 Å². The summed E-state index contributed by atoms with van der Waals surface area (Å²) in [6.07, 6.45) is 0. The third kappa shape index (κ3) is 2.71. The minimum atomic E-state index is -0.437. The molecule has 0 saturated carbocycles. The van der Waals surface area contributed by atoms with Gasteiger partial charge in [-0.05, 0) is 24.3 Å². The van der Waals surface area contributed by atoms with Crippen molar-refractivity contribution >= 4 is 5.91 Å². The van der Waals surface area contributed by atoms with Gasteiger partial charge in [0.2, 0.25) is 0 Å². The van der Waals surface area contributed by atoms with Gasteiger partial charge in [0.1, 0.15) is 24.0 Å². The predicted octanol–water partition coefficient (Wildman–Crippen LogP) is 3.19. The zero-order valence-corrected chi connectivity index (χ0v) is 13.9. The van der Waals surface area contributed by atoms with Gasteiger partial charge in [0.25, 0.3) is 5.91 Å². The standard InChI is InChI=1S/C19H15F2N3O2/c1-24-18-13-8-12(20)6-7-16(13)26-10-14(18)17(23-24)19(25)22-9-11-4-2-3-5-15(11)21/h2-8H,9-10H2,1H3,(H,22,25). The Kier molecular flexibility index (Phi) is 3.91. The molecule has 2 aromatic carbocycles. The van der Waals surface area contributed by atoms with Crippen molar-refractivity contribution in [3.8, 4) is 17.0 Å². The number of nitrogens with one attached hydrogen (secondary N) is 1. The highest BCUT2D eigenvalue weighted by atomic mass is 19.1. The molecule has 0 atom stereocenters. The first-order valence-electron chi connectivity index (χ1n) is 8.05. The highest BCUT2D eigenvalue weighted by Gasteiger charge is 2.28. The van der Waals surface area contributed by atoms with E-state index in [1.165, 1.54) is 22.9 Å². The molecule has 0 bridgehead atoms. The summed E-state index contributed by atoms with van der Waals surface area (Å²) in [7, 11) is 1.69. The molecule has 7 heteroatoms. The van der Waals surface area contributed by atoms with Crippen LogP contribution in [0.25, 0.3) is 11.3 Å². The van der Waals surface area contributed by atoms with E-state index in [0.717, 1.165) is 0 Å². The van der Waals surface area contributed by atoms with E-state index in [1.54, 1.807) is 31.3 Å². The van der Waals surface area contributed by atoms with Crippen LogP contribution in [0, 0.1) is 11.6 Å². The molecule has 1 aliphatic heterocycles. The number of nitrogens with zero attached hydrogens (tertiary/aromatic N) is 2. The van der Waals surface area contributed by atoms with Crippen molar-refractivity contribution in [3.05, 3.63) is 70.9 Å². The van der Waals surface area contributed by atoms with Gasteiger partial charge in [0.15, 0.2) is 5.69 Å². The third-order valence-corrected chi connectivity index (χ3v) is 4.33. The number of rotatable bonds is 3. The number of benzene rings is 2. The summed E-state index contributed by atoms with van der Waals surface area (Å²) in [5.74, 6) is -0.677. The van der Waals surface area contributed by atoms with Crippen molar-refractivity contribution in [2.75, 3.05) is 0 Å². The number of hydrogen-bond donors (Lipinski definition) is 1. The van der Waals surface area contributed by atoms with Gasteiger partial charge in [0, 0.05) is 30.3 Å². The quantitative estimate of drug-likeness (QED) is 0.785. The SMILES string of the molecule is Cn1nc(C(=O)NCc2ccccc2F)c2c1-c1cc(F)ccc1OC2. The van der Waals surface area contributed by atoms with Crippen molar-refractivity contribution in [1.82, 2.24) is 15.1 Å². The second-order valence-corrected chi connectivity index (χ2v) is 6.00. The number of aromatic nitrogens is 2. The fraction of sp³-hybridized carbons (Fsp3) is 0.158. The lowest BCUT2D eigenvalue weighted by molar-refractivity contribution is 0.0942. The Labute approximate surface area is 148 Å². The van der Waals surface area contributed by atoms with Crippen LogP contribution in [0.4, 0.5) is 8.78 Å². The number of ether oxygens (including phenoxy) is 1. The van der Waals surface area contributed by atoms with Crippen molar-refractivity contribution < 1.29 is 18.3 Å². The van der Waals surface area contributed by atoms with Crippen LogP contribution in [-0.2, 0) is 20.2 Å². The van der Waals surface area contributed by atoms with E-state index in [4.69, 9.17) is 4.74 Å². The molecule has 2 heterocycles. The van der Waals surface area contributed by atoms with Gasteiger partial charge in [-0.2, -0.15) is 5.10 Å². The number of aryl methyl sites for hydroxylation is 1. The highest BCUT2D eigenvalue weighted by Crippen LogP contribution is 2.38. The van der Waals surface area contributed by atoms with E-state index in [9.17, 15) is 13.6 Å². The molecule has 0 fully saturated rings. The second-order valence-electron chi connectivity index (χ2n) is 6.00. The normalized spacial score (nSPS) is 12.1. The molecule has 0 saturated heterocycles. The summed E-state index contributed by atoms with van der Waals surface area (Å²) in [6.45, 7) is 0.202. The largest absolute Gasteiger partial charge is 0.488 e. The summed E-state index contributed by atoms with van der Waals surface area (Å²) >= 11 is 0. The molecular formula is C19H15F2N3O2. The molecule has 4 rings (SSSR count). The van der Waals surface area contributed by atoms with E-state index >= 15 is 0 Å². The zero-order chi connectivity index (χ0) is 18.3. The molecule has 132 valence electrons. The first kappa shape index (κ1) is 16.3. The summed E-state index contributed by atoms with van der Waals surface area (Å²) in [5, 5.41) is 6.93. The lowest BCUT2D eigenvalue weighted by Gasteiger charge is -2.18. The van der Waals surface area contributed by atoms with Crippen LogP contribution in [0.5, 0.6) is 5.75 Å². The average molecular weight is 355 g/mol. The van der Waals surface area contributed by atoms with Gasteiger partial charge in [-0.3, -0.25) is 9.48 Å². The average Bonchev–Trinajstić information content (AvgIpc) is 2.98. The van der Waals surface area contributed by atoms with Gasteiger partial charge < -0.3 is 10.1 Å². The molecule has 26 heavy (non-hydrogen) atoms. The van der Waals surface area contributed by atoms with Crippen molar-refractivity contribution in [1.29, 1.82) is 0 Å². The van der Waals surface area contributed by atoms with Crippen molar-refractivity contribution in [3.63, 3.8) is 0 Å². The predicted molar refractivity (Wildman–Crippen MR) is 90.5 cm³/mol. The Hall–Kier alpha value is -3.22. The second kappa shape index (κ2) is 6.25. The Balaban J connectivity index is 1.64. The van der Waals surface area contributed by atoms with Gasteiger partial charge in [-0.1, -0.05) is 18.2 Å². The third-order valence-electron chi connectivity index (χ3n) is 4.33. The monoisotopic (exact) mass is 355 g/mol. The smallest absolute Gasteiger partial charge is 0.272 e. The van der Waals surface area contributed by atoms with E-state index in [1.807, 2.05) is 0 Å². The molecule has 0 spiro atoms. The van der Waals surface area contributed by atoms with E-state index in [0.29, 0.717) is 28.1 Å². The maximum Gasteiger partial charge on any atom is 0.272 e. The van der Waals surface area contributed by atoms with Crippen LogP contribution >= 0.6 is 0 Å². The Morgan fingerprint density at radius 1 is 1.27 bits per heavy atom. The summed E-state index contributed by atoms with van der Waals surface area (Å²) < 4.78 is 34.5. The van der Waals surface area contributed by atoms with Gasteiger partial charge in [-0.15, -0.1) is 0 Å². The first-order chi connectivity index (χ1) is 12.5. The molecule has 1 aromatic heterocycles. The fourth-order valence-corrected chi connectivity index (χ4v) is 3.09. The number of fused-ring (bicyclic) bond motifs is 3. The Morgan fingerprint density at radius 2 is 2.08 bits per heavy atom. The van der Waals surface area contributed by atoms with Crippen LogP contribution in [-0.4, -0.2) is 15.7 Å². The summed E-state index contributed by atoms with van der Waals surface area (Å²) in [6, 6.07) is 10.5. The summed E-state index contributed by atoms with van der Waals surface area (Å²) in [5.41, 5.74) is 2.34. The topological polar surface area (TPSA) is 56.2 Å². The van der Waals surface area contributed by atoms with E-state index in [-0.39, 0.29) is 24.7 Å². The maximum absolute atomic E-state index is 13.7. The molecule has 0 radical (unpaired) electrons. The van der Waals surface area contributed by atoms with Crippen LogP contribution in [0.2, 0.25) is 0 Å². The number of amides is 1. The Morgan fingerprint density at radius 3 is 2.88 bits per heavy atom. The molecule has 5 nitrogen and oxygen atoms in total. The highest BCUT2D eigenvalue weighted by molar-refractivity contribution is 5.96. The molecule has 0 aliphatic carbocycles. The van der Waals surface area contributed by atoms with Gasteiger partial charge in [-0.25, -0.2) is 8.78 Å². The van der Waals surface area contributed by atoms with Crippen LogP contribution in [0.3, 0.4) is 0 Å². The molecular weight excluding hydrogens is 340 g/mol. The minimum absolute atomic E-state index is 0.0446. The molecule has 3 aromatic rings. The van der Waals surface area contributed by atoms with Crippen molar-refractivity contribution in [2.45, 2.75) is 13.2 Å². The first-order valence-corrected chi connectivity index (χ1v) is 8.05. The summed E-state index contributed by atoms with van der Waals surface area (Å²) in [4.78, 5) is 12.6. The molecule has 1 amide bonds. The molecule has 0 unspecified atom stereocenters. The molecule has 1 aliphatic rings. The zero-order valence-electron chi connectivity index (χ0n) is 13.9. The van der Waals surface area contributed by atoms with Crippen LogP contribution in [0.15, 0.2) is 42.5 Å². The van der Waals surface area contributed by atoms with Crippen LogP contribution < -0.4 is 10.1 Å². The lowest BCUT2D eigenvalue weighted by atomic mass is 10.0. The number of hydrogen-bond acceptors (Lipinski definition) is 3. The van der Waals surface area contributed by atoms with E-state index < -0.39 is 11.7 Å². The minimum Gasteiger partial charge on any atom is -0.488 e. The van der Waals surface area contributed by atoms with Crippen molar-refractivity contribution in [2.24, 2.45) is 7.05 Å². The fourth-order valence-electron chi connectivity index (χ4n) is 3.09.